The number of H-pyrrole nitrogens is 1. The minimum atomic E-state index is 0.340. The lowest BCUT2D eigenvalue weighted by molar-refractivity contribution is 0.0722. The molecule has 3 rings (SSSR count). The summed E-state index contributed by atoms with van der Waals surface area (Å²) in [7, 11) is 0. The van der Waals surface area contributed by atoms with Gasteiger partial charge in [-0.3, -0.25) is 0 Å². The largest absolute Gasteiger partial charge is 0.346 e. The van der Waals surface area contributed by atoms with Crippen molar-refractivity contribution in [2.45, 2.75) is 60.3 Å². The molecule has 5 nitrogen and oxygen atoms in total. The molecule has 1 fully saturated rings. The number of nitrogens with zero attached hydrogens (tertiary/aromatic N) is 4. The van der Waals surface area contributed by atoms with E-state index in [4.69, 9.17) is 5.26 Å². The third-order valence-electron chi connectivity index (χ3n) is 5.61. The van der Waals surface area contributed by atoms with Gasteiger partial charge in [0.25, 0.3) is 0 Å². The predicted octanol–water partition coefficient (Wildman–Crippen LogP) is 6.39. The second kappa shape index (κ2) is 11.9. The van der Waals surface area contributed by atoms with Crippen LogP contribution < -0.4 is 0 Å². The van der Waals surface area contributed by atoms with Crippen LogP contribution in [0.3, 0.4) is 0 Å². The Bertz CT molecular complexity index is 900. The van der Waals surface area contributed by atoms with E-state index in [1.807, 2.05) is 38.1 Å². The van der Waals surface area contributed by atoms with Gasteiger partial charge in [0, 0.05) is 42.3 Å². The van der Waals surface area contributed by atoms with Crippen molar-refractivity contribution in [1.82, 2.24) is 19.3 Å². The first-order valence-corrected chi connectivity index (χ1v) is 11.8. The van der Waals surface area contributed by atoms with Crippen LogP contribution in [0.4, 0.5) is 0 Å². The smallest absolute Gasteiger partial charge is 0.141 e. The zero-order valence-electron chi connectivity index (χ0n) is 19.0. The average Bonchev–Trinajstić information content (AvgIpc) is 3.21. The van der Waals surface area contributed by atoms with Gasteiger partial charge in [0.2, 0.25) is 0 Å². The zero-order valence-corrected chi connectivity index (χ0v) is 19.9. The Morgan fingerprint density at radius 1 is 1.30 bits per heavy atom. The van der Waals surface area contributed by atoms with Crippen LogP contribution in [0.25, 0.3) is 16.6 Å². The maximum Gasteiger partial charge on any atom is 0.141 e. The standard InChI is InChI=1S/C13H15N3.C11H20N2S/c1-4-9(3)10(5-2)12-11-6-7-14-13(11)16-8-15-12;1-3-5-6-11(7-8-12)9-13(10-11)14-4-2/h4-8H,1-3H3,(H,14,15,16);3-7,9-10H2,1-2H3/b9-4-,10-5+;. The summed E-state index contributed by atoms with van der Waals surface area (Å²) in [4.78, 5) is 11.7. The van der Waals surface area contributed by atoms with Gasteiger partial charge >= 0.3 is 0 Å². The SMILES string of the molecule is C/C=C(C)\C(=C/C)c1ncnc2[nH]ccc12.CCCCC1(CC#N)CN(SCC)C1. The quantitative estimate of drug-likeness (QED) is 0.392. The highest BCUT2D eigenvalue weighted by Gasteiger charge is 2.42. The summed E-state index contributed by atoms with van der Waals surface area (Å²) in [6.45, 7) is 12.8. The van der Waals surface area contributed by atoms with Crippen LogP contribution in [0.1, 0.15) is 66.0 Å². The molecule has 2 aromatic rings. The highest BCUT2D eigenvalue weighted by molar-refractivity contribution is 7.97. The molecule has 0 aliphatic carbocycles. The molecule has 0 bridgehead atoms. The minimum absolute atomic E-state index is 0.340. The molecule has 1 N–H and O–H groups in total. The number of fused-ring (bicyclic) bond motifs is 1. The number of aromatic amines is 1. The van der Waals surface area contributed by atoms with Crippen LogP contribution in [0, 0.1) is 16.7 Å². The normalized spacial score (nSPS) is 16.5. The van der Waals surface area contributed by atoms with Gasteiger partial charge in [0.05, 0.1) is 11.8 Å². The highest BCUT2D eigenvalue weighted by atomic mass is 32.2. The van der Waals surface area contributed by atoms with Crippen LogP contribution in [0.15, 0.2) is 36.3 Å². The summed E-state index contributed by atoms with van der Waals surface area (Å²) >= 11 is 1.90. The molecule has 0 unspecified atom stereocenters. The van der Waals surface area contributed by atoms with Crippen LogP contribution in [-0.2, 0) is 0 Å². The zero-order chi connectivity index (χ0) is 22.0. The van der Waals surface area contributed by atoms with E-state index >= 15 is 0 Å². The molecule has 2 aromatic heterocycles. The molecule has 0 aromatic carbocycles. The van der Waals surface area contributed by atoms with Crippen molar-refractivity contribution in [3.8, 4) is 6.07 Å². The van der Waals surface area contributed by atoms with Crippen molar-refractivity contribution >= 4 is 28.6 Å². The first-order valence-electron chi connectivity index (χ1n) is 10.9. The van der Waals surface area contributed by atoms with Crippen LogP contribution >= 0.6 is 11.9 Å². The number of hydrogen-bond acceptors (Lipinski definition) is 5. The molecule has 30 heavy (non-hydrogen) atoms. The van der Waals surface area contributed by atoms with Crippen molar-refractivity contribution in [1.29, 1.82) is 5.26 Å². The molecule has 0 radical (unpaired) electrons. The van der Waals surface area contributed by atoms with Crippen molar-refractivity contribution < 1.29 is 0 Å². The van der Waals surface area contributed by atoms with E-state index in [1.165, 1.54) is 24.8 Å². The Labute approximate surface area is 185 Å². The first kappa shape index (κ1) is 24.2. The number of unbranched alkanes of at least 4 members (excludes halogenated alkanes) is 1. The van der Waals surface area contributed by atoms with Crippen molar-refractivity contribution in [2.75, 3.05) is 18.8 Å². The summed E-state index contributed by atoms with van der Waals surface area (Å²) in [6.07, 6.45) is 12.2. The molecule has 0 saturated carbocycles. The second-order valence-corrected chi connectivity index (χ2v) is 9.14. The number of nitriles is 1. The van der Waals surface area contributed by atoms with Crippen LogP contribution in [0.2, 0.25) is 0 Å². The summed E-state index contributed by atoms with van der Waals surface area (Å²) in [5.74, 6) is 1.15. The Kier molecular flexibility index (Phi) is 9.61. The number of aromatic nitrogens is 3. The fraction of sp³-hybridized carbons (Fsp3) is 0.542. The lowest BCUT2D eigenvalue weighted by Crippen LogP contribution is -2.52. The number of nitrogens with one attached hydrogen (secondary N) is 1. The molecular weight excluding hydrogens is 390 g/mol. The third-order valence-corrected chi connectivity index (χ3v) is 6.49. The van der Waals surface area contributed by atoms with Gasteiger partial charge in [-0.2, -0.15) is 5.26 Å². The number of hydrogen-bond donors (Lipinski definition) is 1. The third kappa shape index (κ3) is 5.96. The molecule has 1 aliphatic rings. The molecule has 0 atom stereocenters. The lowest BCUT2D eigenvalue weighted by Gasteiger charge is -2.48. The number of rotatable bonds is 8. The van der Waals surface area contributed by atoms with E-state index < -0.39 is 0 Å². The molecule has 0 amide bonds. The highest BCUT2D eigenvalue weighted by Crippen LogP contribution is 2.41. The van der Waals surface area contributed by atoms with Gasteiger partial charge in [-0.15, -0.1) is 0 Å². The monoisotopic (exact) mass is 425 g/mol. The summed E-state index contributed by atoms with van der Waals surface area (Å²) < 4.78 is 2.40. The van der Waals surface area contributed by atoms with E-state index in [-0.39, 0.29) is 0 Å². The molecule has 0 spiro atoms. The molecule has 1 saturated heterocycles. The summed E-state index contributed by atoms with van der Waals surface area (Å²) in [5.41, 5.74) is 4.60. The van der Waals surface area contributed by atoms with Gasteiger partial charge in [0.15, 0.2) is 0 Å². The Balaban J connectivity index is 0.000000216. The maximum atomic E-state index is 8.81. The number of allylic oxidation sites excluding steroid dienone is 4. The van der Waals surface area contributed by atoms with Crippen molar-refractivity contribution in [3.05, 3.63) is 42.0 Å². The predicted molar refractivity (Wildman–Crippen MR) is 129 cm³/mol. The van der Waals surface area contributed by atoms with Crippen LogP contribution in [-0.4, -0.2) is 38.1 Å². The molecular formula is C24H35N5S. The Morgan fingerprint density at radius 3 is 2.67 bits per heavy atom. The van der Waals surface area contributed by atoms with E-state index in [0.29, 0.717) is 5.41 Å². The Morgan fingerprint density at radius 2 is 2.07 bits per heavy atom. The fourth-order valence-corrected chi connectivity index (χ4v) is 4.94. The second-order valence-electron chi connectivity index (χ2n) is 7.79. The van der Waals surface area contributed by atoms with E-state index in [1.54, 1.807) is 6.33 Å². The first-order chi connectivity index (χ1) is 14.5. The van der Waals surface area contributed by atoms with Gasteiger partial charge in [-0.1, -0.05) is 50.8 Å². The van der Waals surface area contributed by atoms with E-state index in [9.17, 15) is 0 Å². The molecule has 1 aliphatic heterocycles. The van der Waals surface area contributed by atoms with Gasteiger partial charge in [-0.05, 0) is 44.4 Å². The van der Waals surface area contributed by atoms with Gasteiger partial charge < -0.3 is 4.98 Å². The Hall–Kier alpha value is -2.10. The maximum absolute atomic E-state index is 8.81. The summed E-state index contributed by atoms with van der Waals surface area (Å²) in [6, 6.07) is 4.36. The molecule has 6 heteroatoms. The fourth-order valence-electron chi connectivity index (χ4n) is 3.85. The van der Waals surface area contributed by atoms with E-state index in [2.05, 4.69) is 58.2 Å². The summed E-state index contributed by atoms with van der Waals surface area (Å²) in [5, 5.41) is 9.87. The molecule has 3 heterocycles. The van der Waals surface area contributed by atoms with E-state index in [0.717, 1.165) is 47.6 Å². The van der Waals surface area contributed by atoms with Gasteiger partial charge in [-0.25, -0.2) is 14.3 Å². The van der Waals surface area contributed by atoms with Crippen LogP contribution in [0.5, 0.6) is 0 Å². The van der Waals surface area contributed by atoms with Crippen molar-refractivity contribution in [3.63, 3.8) is 0 Å². The average molecular weight is 426 g/mol. The minimum Gasteiger partial charge on any atom is -0.346 e. The van der Waals surface area contributed by atoms with Crippen molar-refractivity contribution in [2.24, 2.45) is 5.41 Å². The lowest BCUT2D eigenvalue weighted by atomic mass is 9.75. The van der Waals surface area contributed by atoms with Gasteiger partial charge in [0.1, 0.15) is 12.0 Å². The topological polar surface area (TPSA) is 68.6 Å². The molecule has 162 valence electrons.